The van der Waals surface area contributed by atoms with Crippen molar-refractivity contribution in [3.8, 4) is 11.1 Å². The van der Waals surface area contributed by atoms with Gasteiger partial charge in [-0.2, -0.15) is 13.2 Å². The van der Waals surface area contributed by atoms with Crippen LogP contribution in [0.25, 0.3) is 22.0 Å². The van der Waals surface area contributed by atoms with Crippen molar-refractivity contribution in [1.29, 1.82) is 0 Å². The standard InChI is InChI=1S/C35H34F3N5O2/c36-35(37,38)29-14-8-7-13-26(29)28-21-30-31(27-15-16-42(32(27)28)17-19-44-22-24-9-3-1-4-10-24)33(39)43(34(40)41-30)18-20-45-23-25-11-5-2-6-12-25/h1-16,21,33H,17-20,22-23,39H2,(H2,40,41). The predicted octanol–water partition coefficient (Wildman–Crippen LogP) is 6.98. The van der Waals surface area contributed by atoms with E-state index in [1.807, 2.05) is 77.5 Å². The number of hydrogen-bond acceptors (Lipinski definition) is 6. The van der Waals surface area contributed by atoms with Gasteiger partial charge in [-0.1, -0.05) is 78.9 Å². The summed E-state index contributed by atoms with van der Waals surface area (Å²) >= 11 is 0. The Balaban J connectivity index is 1.33. The average molecular weight is 614 g/mol. The van der Waals surface area contributed by atoms with Crippen molar-refractivity contribution in [2.45, 2.75) is 32.1 Å². The fourth-order valence-corrected chi connectivity index (χ4v) is 5.76. The first-order valence-electron chi connectivity index (χ1n) is 14.7. The first kappa shape index (κ1) is 30.4. The summed E-state index contributed by atoms with van der Waals surface area (Å²) in [7, 11) is 0. The second kappa shape index (κ2) is 13.2. The molecule has 0 fully saturated rings. The molecule has 6 rings (SSSR count). The Kier molecular flexibility index (Phi) is 8.88. The Morgan fingerprint density at radius 1 is 0.756 bits per heavy atom. The third kappa shape index (κ3) is 6.58. The molecule has 0 radical (unpaired) electrons. The van der Waals surface area contributed by atoms with Crippen LogP contribution in [0.3, 0.4) is 0 Å². The van der Waals surface area contributed by atoms with Gasteiger partial charge < -0.3 is 30.4 Å². The summed E-state index contributed by atoms with van der Waals surface area (Å²) in [6.07, 6.45) is -3.37. The molecule has 10 heteroatoms. The smallest absolute Gasteiger partial charge is 0.375 e. The minimum absolute atomic E-state index is 0.0574. The second-order valence-corrected chi connectivity index (χ2v) is 10.9. The maximum atomic E-state index is 14.2. The third-order valence-electron chi connectivity index (χ3n) is 7.93. The first-order valence-corrected chi connectivity index (χ1v) is 14.7. The van der Waals surface area contributed by atoms with Crippen LogP contribution >= 0.6 is 0 Å². The number of guanidine groups is 1. The molecule has 0 spiro atoms. The van der Waals surface area contributed by atoms with Crippen LogP contribution in [0, 0.1) is 0 Å². The summed E-state index contributed by atoms with van der Waals surface area (Å²) in [4.78, 5) is 6.39. The van der Waals surface area contributed by atoms with Crippen molar-refractivity contribution < 1.29 is 22.6 Å². The van der Waals surface area contributed by atoms with Gasteiger partial charge in [-0.05, 0) is 34.9 Å². The van der Waals surface area contributed by atoms with Crippen LogP contribution in [0.4, 0.5) is 18.9 Å². The van der Waals surface area contributed by atoms with Gasteiger partial charge in [0.1, 0.15) is 6.17 Å². The fraction of sp³-hybridized carbons (Fsp3) is 0.229. The molecule has 1 atom stereocenters. The Labute approximate surface area is 259 Å². The largest absolute Gasteiger partial charge is 0.417 e. The van der Waals surface area contributed by atoms with Crippen molar-refractivity contribution in [3.05, 3.63) is 126 Å². The van der Waals surface area contributed by atoms with Gasteiger partial charge in [-0.25, -0.2) is 4.99 Å². The Bertz CT molecular complexity index is 1790. The van der Waals surface area contributed by atoms with Gasteiger partial charge in [0.2, 0.25) is 0 Å². The van der Waals surface area contributed by atoms with Crippen molar-refractivity contribution in [2.24, 2.45) is 16.5 Å². The highest BCUT2D eigenvalue weighted by molar-refractivity contribution is 6.02. The molecule has 1 aromatic heterocycles. The zero-order valence-electron chi connectivity index (χ0n) is 24.6. The van der Waals surface area contributed by atoms with Crippen molar-refractivity contribution >= 4 is 22.5 Å². The number of nitrogens with zero attached hydrogens (tertiary/aromatic N) is 3. The molecule has 1 aliphatic heterocycles. The predicted molar refractivity (Wildman–Crippen MR) is 169 cm³/mol. The number of fused-ring (bicyclic) bond motifs is 3. The minimum atomic E-state index is -4.55. The number of ether oxygens (including phenoxy) is 2. The van der Waals surface area contributed by atoms with E-state index < -0.39 is 17.9 Å². The van der Waals surface area contributed by atoms with Crippen LogP contribution in [0.2, 0.25) is 0 Å². The lowest BCUT2D eigenvalue weighted by atomic mass is 9.93. The van der Waals surface area contributed by atoms with Crippen molar-refractivity contribution in [1.82, 2.24) is 9.47 Å². The number of aromatic nitrogens is 1. The molecule has 0 saturated heterocycles. The van der Waals surface area contributed by atoms with Crippen LogP contribution in [-0.2, 0) is 35.4 Å². The highest BCUT2D eigenvalue weighted by Crippen LogP contribution is 2.45. The molecule has 5 aromatic rings. The Morgan fingerprint density at radius 3 is 2.00 bits per heavy atom. The zero-order valence-corrected chi connectivity index (χ0v) is 24.6. The van der Waals surface area contributed by atoms with E-state index in [-0.39, 0.29) is 11.5 Å². The summed E-state index contributed by atoms with van der Waals surface area (Å²) < 4.78 is 56.4. The van der Waals surface area contributed by atoms with Crippen LogP contribution in [0.1, 0.15) is 28.4 Å². The lowest BCUT2D eigenvalue weighted by molar-refractivity contribution is -0.137. The normalized spacial score (nSPS) is 14.9. The number of aliphatic imine (C=N–C) groups is 1. The van der Waals surface area contributed by atoms with Gasteiger partial charge in [0.15, 0.2) is 5.96 Å². The monoisotopic (exact) mass is 613 g/mol. The molecule has 1 aliphatic rings. The topological polar surface area (TPSA) is 91.0 Å². The molecule has 0 saturated carbocycles. The third-order valence-corrected chi connectivity index (χ3v) is 7.93. The Hall–Kier alpha value is -4.64. The number of nitrogens with two attached hydrogens (primary N) is 2. The van der Waals surface area contributed by atoms with E-state index in [1.54, 1.807) is 17.0 Å². The minimum Gasteiger partial charge on any atom is -0.375 e. The van der Waals surface area contributed by atoms with E-state index >= 15 is 0 Å². The zero-order chi connectivity index (χ0) is 31.4. The van der Waals surface area contributed by atoms with E-state index in [4.69, 9.17) is 20.9 Å². The van der Waals surface area contributed by atoms with E-state index in [2.05, 4.69) is 4.99 Å². The molecule has 7 nitrogen and oxygen atoms in total. The van der Waals surface area contributed by atoms with Crippen LogP contribution in [0.5, 0.6) is 0 Å². The van der Waals surface area contributed by atoms with Gasteiger partial charge in [-0.3, -0.25) is 0 Å². The van der Waals surface area contributed by atoms with E-state index in [9.17, 15) is 13.2 Å². The van der Waals surface area contributed by atoms with Crippen molar-refractivity contribution in [3.63, 3.8) is 0 Å². The quantitative estimate of drug-likeness (QED) is 0.157. The molecule has 4 aromatic carbocycles. The molecular weight excluding hydrogens is 579 g/mol. The summed E-state index contributed by atoms with van der Waals surface area (Å²) in [6, 6.07) is 28.8. The number of hydrogen-bond donors (Lipinski definition) is 2. The summed E-state index contributed by atoms with van der Waals surface area (Å²) in [6.45, 7) is 2.40. The average Bonchev–Trinajstić information content (AvgIpc) is 3.46. The van der Waals surface area contributed by atoms with Gasteiger partial charge in [0.25, 0.3) is 0 Å². The number of halogens is 3. The van der Waals surface area contributed by atoms with E-state index in [0.29, 0.717) is 67.2 Å². The van der Waals surface area contributed by atoms with Gasteiger partial charge in [0, 0.05) is 35.8 Å². The molecule has 1 unspecified atom stereocenters. The number of rotatable bonds is 11. The molecule has 232 valence electrons. The van der Waals surface area contributed by atoms with Crippen LogP contribution in [-0.4, -0.2) is 35.2 Å². The van der Waals surface area contributed by atoms with Crippen LogP contribution in [0.15, 0.2) is 108 Å². The molecule has 2 heterocycles. The first-order chi connectivity index (χ1) is 21.8. The lowest BCUT2D eigenvalue weighted by Gasteiger charge is -2.35. The highest BCUT2D eigenvalue weighted by atomic mass is 19.4. The molecule has 0 bridgehead atoms. The van der Waals surface area contributed by atoms with Crippen molar-refractivity contribution in [2.75, 3.05) is 19.8 Å². The lowest BCUT2D eigenvalue weighted by Crippen LogP contribution is -2.47. The van der Waals surface area contributed by atoms with Gasteiger partial charge >= 0.3 is 6.18 Å². The molecule has 0 amide bonds. The van der Waals surface area contributed by atoms with E-state index in [0.717, 1.165) is 17.2 Å². The molecule has 0 aliphatic carbocycles. The van der Waals surface area contributed by atoms with Crippen LogP contribution < -0.4 is 11.5 Å². The second-order valence-electron chi connectivity index (χ2n) is 10.9. The maximum absolute atomic E-state index is 14.2. The molecule has 45 heavy (non-hydrogen) atoms. The summed E-state index contributed by atoms with van der Waals surface area (Å²) in [5, 5.41) is 0.710. The highest BCUT2D eigenvalue weighted by Gasteiger charge is 2.35. The summed E-state index contributed by atoms with van der Waals surface area (Å²) in [5.41, 5.74) is 16.8. The van der Waals surface area contributed by atoms with Gasteiger partial charge in [0.05, 0.1) is 43.2 Å². The number of alkyl halides is 3. The van der Waals surface area contributed by atoms with E-state index in [1.165, 1.54) is 12.1 Å². The Morgan fingerprint density at radius 2 is 1.36 bits per heavy atom. The number of benzene rings is 4. The summed E-state index contributed by atoms with van der Waals surface area (Å²) in [5.74, 6) is 0.182. The maximum Gasteiger partial charge on any atom is 0.417 e. The van der Waals surface area contributed by atoms with Gasteiger partial charge in [-0.15, -0.1) is 0 Å². The molecular formula is C35H34F3N5O2. The fourth-order valence-electron chi connectivity index (χ4n) is 5.76. The SMILES string of the molecule is NC1=Nc2cc(-c3ccccc3C(F)(F)F)c3c(ccn3CCOCc3ccccc3)c2C(N)N1CCOCc1ccccc1. The molecule has 4 N–H and O–H groups in total.